The van der Waals surface area contributed by atoms with Gasteiger partial charge in [-0.3, -0.25) is 4.99 Å². The number of aromatic hydroxyl groups is 1. The van der Waals surface area contributed by atoms with Crippen molar-refractivity contribution < 1.29 is 10.2 Å². The molecule has 2 rings (SSSR count). The van der Waals surface area contributed by atoms with Gasteiger partial charge in [-0.05, 0) is 59.3 Å². The first-order chi connectivity index (χ1) is 8.56. The van der Waals surface area contributed by atoms with Gasteiger partial charge in [0.15, 0.2) is 0 Å². The largest absolute Gasteiger partial charge is 0.505 e. The van der Waals surface area contributed by atoms with Crippen molar-refractivity contribution >= 4 is 33.7 Å². The number of nitrogens with zero attached hydrogens (tertiary/aromatic N) is 1. The average Bonchev–Trinajstić information content (AvgIpc) is 2.35. The van der Waals surface area contributed by atoms with Crippen molar-refractivity contribution in [2.45, 2.75) is 37.8 Å². The highest BCUT2D eigenvalue weighted by molar-refractivity contribution is 9.10. The standard InChI is InChI=1S/C13H15BrClNO2/c14-11-5-8(6-12(15)13(11)18)7-16-9-1-3-10(17)4-2-9/h5-7,9-10,17-18H,1-4H2/t9-,10-. The second kappa shape index (κ2) is 6.04. The number of aliphatic hydroxyl groups excluding tert-OH is 1. The first-order valence-corrected chi connectivity index (χ1v) is 7.12. The van der Waals surface area contributed by atoms with Gasteiger partial charge >= 0.3 is 0 Å². The molecule has 0 aliphatic heterocycles. The Kier molecular flexibility index (Phi) is 4.65. The number of phenolic OH excluding ortho intramolecular Hbond substituents is 1. The van der Waals surface area contributed by atoms with Gasteiger partial charge in [0.1, 0.15) is 5.75 Å². The summed E-state index contributed by atoms with van der Waals surface area (Å²) in [5.74, 6) is 0.0506. The quantitative estimate of drug-likeness (QED) is 0.814. The van der Waals surface area contributed by atoms with Gasteiger partial charge < -0.3 is 10.2 Å². The van der Waals surface area contributed by atoms with Gasteiger partial charge in [0.2, 0.25) is 0 Å². The fourth-order valence-electron chi connectivity index (χ4n) is 2.06. The van der Waals surface area contributed by atoms with E-state index in [4.69, 9.17) is 11.6 Å². The van der Waals surface area contributed by atoms with Crippen LogP contribution in [0, 0.1) is 0 Å². The first-order valence-electron chi connectivity index (χ1n) is 5.95. The van der Waals surface area contributed by atoms with Crippen molar-refractivity contribution in [2.24, 2.45) is 4.99 Å². The number of rotatable bonds is 2. The topological polar surface area (TPSA) is 52.8 Å². The Morgan fingerprint density at radius 3 is 2.56 bits per heavy atom. The Hall–Kier alpha value is -0.580. The molecular weight excluding hydrogens is 318 g/mol. The summed E-state index contributed by atoms with van der Waals surface area (Å²) in [5, 5.41) is 19.2. The fraction of sp³-hybridized carbons (Fsp3) is 0.462. The van der Waals surface area contributed by atoms with Crippen LogP contribution in [0.25, 0.3) is 0 Å². The first kappa shape index (κ1) is 13.8. The maximum absolute atomic E-state index is 9.53. The maximum atomic E-state index is 9.53. The summed E-state index contributed by atoms with van der Waals surface area (Å²) in [6, 6.07) is 3.74. The summed E-state index contributed by atoms with van der Waals surface area (Å²) in [6.45, 7) is 0. The van der Waals surface area contributed by atoms with Gasteiger partial charge in [0.25, 0.3) is 0 Å². The van der Waals surface area contributed by atoms with Gasteiger partial charge in [-0.1, -0.05) is 11.6 Å². The molecule has 0 heterocycles. The number of phenols is 1. The van der Waals surface area contributed by atoms with Crippen LogP contribution in [0.2, 0.25) is 5.02 Å². The van der Waals surface area contributed by atoms with E-state index in [2.05, 4.69) is 20.9 Å². The fourth-order valence-corrected chi connectivity index (χ4v) is 2.88. The van der Waals surface area contributed by atoms with Crippen molar-refractivity contribution in [2.75, 3.05) is 0 Å². The summed E-state index contributed by atoms with van der Waals surface area (Å²) < 4.78 is 0.565. The Labute approximate surface area is 120 Å². The van der Waals surface area contributed by atoms with Gasteiger partial charge in [0, 0.05) is 6.21 Å². The second-order valence-electron chi connectivity index (χ2n) is 4.57. The van der Waals surface area contributed by atoms with Crippen LogP contribution in [0.5, 0.6) is 5.75 Å². The summed E-state index contributed by atoms with van der Waals surface area (Å²) in [6.07, 6.45) is 5.10. The molecule has 5 heteroatoms. The van der Waals surface area contributed by atoms with Crippen LogP contribution in [0.3, 0.4) is 0 Å². The maximum Gasteiger partial charge on any atom is 0.148 e. The third-order valence-corrected chi connectivity index (χ3v) is 4.03. The van der Waals surface area contributed by atoms with Crippen molar-refractivity contribution in [1.82, 2.24) is 0 Å². The molecule has 0 unspecified atom stereocenters. The van der Waals surface area contributed by atoms with Gasteiger partial charge in [-0.15, -0.1) is 0 Å². The lowest BCUT2D eigenvalue weighted by Gasteiger charge is -2.22. The molecule has 1 aromatic carbocycles. The van der Waals surface area contributed by atoms with E-state index in [1.165, 1.54) is 0 Å². The minimum atomic E-state index is -0.159. The molecule has 0 radical (unpaired) electrons. The predicted octanol–water partition coefficient (Wildman–Crippen LogP) is 3.53. The molecule has 1 fully saturated rings. The molecule has 0 saturated heterocycles. The van der Waals surface area contributed by atoms with Crippen LogP contribution >= 0.6 is 27.5 Å². The molecule has 0 amide bonds. The average molecular weight is 333 g/mol. The van der Waals surface area contributed by atoms with E-state index in [0.29, 0.717) is 9.50 Å². The normalized spacial score (nSPS) is 24.6. The Bertz CT molecular complexity index is 433. The zero-order chi connectivity index (χ0) is 13.1. The molecule has 1 aliphatic rings. The molecule has 2 N–H and O–H groups in total. The molecule has 18 heavy (non-hydrogen) atoms. The van der Waals surface area contributed by atoms with Gasteiger partial charge in [-0.25, -0.2) is 0 Å². The van der Waals surface area contributed by atoms with Crippen molar-refractivity contribution in [3.05, 3.63) is 27.2 Å². The number of hydrogen-bond acceptors (Lipinski definition) is 3. The Balaban J connectivity index is 2.05. The number of aliphatic hydroxyl groups is 1. The Morgan fingerprint density at radius 2 is 1.94 bits per heavy atom. The van der Waals surface area contributed by atoms with E-state index in [9.17, 15) is 10.2 Å². The van der Waals surface area contributed by atoms with E-state index in [1.807, 2.05) is 0 Å². The highest BCUT2D eigenvalue weighted by Crippen LogP contribution is 2.32. The van der Waals surface area contributed by atoms with E-state index < -0.39 is 0 Å². The lowest BCUT2D eigenvalue weighted by atomic mass is 9.93. The molecule has 0 atom stereocenters. The SMILES string of the molecule is Oc1c(Cl)cc(C=N[C@H]2CC[C@H](O)CC2)cc1Br. The third kappa shape index (κ3) is 3.46. The monoisotopic (exact) mass is 331 g/mol. The molecule has 98 valence electrons. The second-order valence-corrected chi connectivity index (χ2v) is 5.84. The molecule has 0 spiro atoms. The molecule has 1 aromatic rings. The van der Waals surface area contributed by atoms with Crippen molar-refractivity contribution in [3.8, 4) is 5.75 Å². The molecule has 0 aromatic heterocycles. The highest BCUT2D eigenvalue weighted by Gasteiger charge is 2.17. The number of aliphatic imine (C=N–C) groups is 1. The van der Waals surface area contributed by atoms with Gasteiger partial charge in [0.05, 0.1) is 21.6 Å². The van der Waals surface area contributed by atoms with Crippen molar-refractivity contribution in [1.29, 1.82) is 0 Å². The van der Waals surface area contributed by atoms with E-state index in [1.54, 1.807) is 18.3 Å². The van der Waals surface area contributed by atoms with Crippen LogP contribution in [0.15, 0.2) is 21.6 Å². The zero-order valence-corrected chi connectivity index (χ0v) is 12.2. The highest BCUT2D eigenvalue weighted by atomic mass is 79.9. The van der Waals surface area contributed by atoms with E-state index >= 15 is 0 Å². The molecular formula is C13H15BrClNO2. The minimum absolute atomic E-state index is 0.0506. The number of benzene rings is 1. The van der Waals surface area contributed by atoms with Crippen LogP contribution in [0.1, 0.15) is 31.2 Å². The van der Waals surface area contributed by atoms with Gasteiger partial charge in [-0.2, -0.15) is 0 Å². The van der Waals surface area contributed by atoms with Crippen LogP contribution in [-0.2, 0) is 0 Å². The molecule has 0 bridgehead atoms. The van der Waals surface area contributed by atoms with Crippen LogP contribution in [-0.4, -0.2) is 28.6 Å². The predicted molar refractivity (Wildman–Crippen MR) is 76.7 cm³/mol. The molecule has 1 aliphatic carbocycles. The number of hydrogen-bond donors (Lipinski definition) is 2. The summed E-state index contributed by atoms with van der Waals surface area (Å²) in [5.41, 5.74) is 0.857. The zero-order valence-electron chi connectivity index (χ0n) is 9.81. The Morgan fingerprint density at radius 1 is 1.28 bits per heavy atom. The summed E-state index contributed by atoms with van der Waals surface area (Å²) in [7, 11) is 0. The van der Waals surface area contributed by atoms with E-state index in [-0.39, 0.29) is 17.9 Å². The van der Waals surface area contributed by atoms with Crippen LogP contribution in [0.4, 0.5) is 0 Å². The van der Waals surface area contributed by atoms with Crippen LogP contribution < -0.4 is 0 Å². The molecule has 1 saturated carbocycles. The lowest BCUT2D eigenvalue weighted by molar-refractivity contribution is 0.123. The van der Waals surface area contributed by atoms with Crippen molar-refractivity contribution in [3.63, 3.8) is 0 Å². The number of halogens is 2. The summed E-state index contributed by atoms with van der Waals surface area (Å²) >= 11 is 9.13. The van der Waals surface area contributed by atoms with E-state index in [0.717, 1.165) is 31.2 Å². The minimum Gasteiger partial charge on any atom is -0.505 e. The molecule has 3 nitrogen and oxygen atoms in total. The third-order valence-electron chi connectivity index (χ3n) is 3.14. The smallest absolute Gasteiger partial charge is 0.148 e. The lowest BCUT2D eigenvalue weighted by Crippen LogP contribution is -2.20. The summed E-state index contributed by atoms with van der Waals surface area (Å²) in [4.78, 5) is 4.50.